The Balaban J connectivity index is 4.08. The summed E-state index contributed by atoms with van der Waals surface area (Å²) in [5, 5.41) is 0. The van der Waals surface area contributed by atoms with Crippen molar-refractivity contribution in [3.63, 3.8) is 0 Å². The summed E-state index contributed by atoms with van der Waals surface area (Å²) in [6.07, 6.45) is 2.54. The Labute approximate surface area is 103 Å². The van der Waals surface area contributed by atoms with Crippen molar-refractivity contribution in [3.8, 4) is 0 Å². The summed E-state index contributed by atoms with van der Waals surface area (Å²) in [7, 11) is -1.69. The Morgan fingerprint density at radius 2 is 1.65 bits per heavy atom. The van der Waals surface area contributed by atoms with Crippen LogP contribution in [0.25, 0.3) is 0 Å². The van der Waals surface area contributed by atoms with Gasteiger partial charge in [-0.25, -0.2) is 0 Å². The van der Waals surface area contributed by atoms with Crippen LogP contribution in [0.1, 0.15) is 39.5 Å². The van der Waals surface area contributed by atoms with Crippen LogP contribution in [-0.2, 0) is 23.1 Å². The molecule has 6 heteroatoms. The number of hydrogen-bond acceptors (Lipinski definition) is 5. The molecule has 17 heavy (non-hydrogen) atoms. The molecule has 0 spiro atoms. The molecule has 0 amide bonds. The summed E-state index contributed by atoms with van der Waals surface area (Å²) in [6, 6.07) is 0. The van der Waals surface area contributed by atoms with E-state index < -0.39 is 7.60 Å². The van der Waals surface area contributed by atoms with E-state index in [-0.39, 0.29) is 18.6 Å². The third kappa shape index (κ3) is 8.36. The first-order valence-corrected chi connectivity index (χ1v) is 7.75. The van der Waals surface area contributed by atoms with Crippen molar-refractivity contribution in [1.82, 2.24) is 0 Å². The summed E-state index contributed by atoms with van der Waals surface area (Å²) < 4.78 is 27.3. The van der Waals surface area contributed by atoms with Crippen LogP contribution in [-0.4, -0.2) is 32.5 Å². The van der Waals surface area contributed by atoms with Crippen LogP contribution in [0.15, 0.2) is 0 Å². The predicted octanol–water partition coefficient (Wildman–Crippen LogP) is 2.99. The van der Waals surface area contributed by atoms with Crippen molar-refractivity contribution in [1.29, 1.82) is 0 Å². The number of hydrogen-bond donors (Lipinski definition) is 0. The fraction of sp³-hybridized carbons (Fsp3) is 0.909. The van der Waals surface area contributed by atoms with Gasteiger partial charge in [-0.05, 0) is 19.3 Å². The van der Waals surface area contributed by atoms with Gasteiger partial charge in [0.25, 0.3) is 0 Å². The predicted molar refractivity (Wildman–Crippen MR) is 66.2 cm³/mol. The maximum atomic E-state index is 12.2. The molecular formula is C11H23O5P. The molecule has 0 heterocycles. The van der Waals surface area contributed by atoms with Crippen LogP contribution in [0.3, 0.4) is 0 Å². The molecule has 0 aliphatic rings. The van der Waals surface area contributed by atoms with E-state index in [1.165, 1.54) is 7.11 Å². The molecule has 0 N–H and O–H groups in total. The molecule has 0 aliphatic heterocycles. The third-order valence-corrected chi connectivity index (χ3v) is 4.04. The van der Waals surface area contributed by atoms with Gasteiger partial charge in [0.15, 0.2) is 0 Å². The monoisotopic (exact) mass is 266 g/mol. The fourth-order valence-corrected chi connectivity index (χ4v) is 2.95. The molecule has 0 rings (SSSR count). The van der Waals surface area contributed by atoms with Crippen LogP contribution >= 0.6 is 7.60 Å². The van der Waals surface area contributed by atoms with Crippen LogP contribution in [0, 0.1) is 0 Å². The standard InChI is InChI=1S/C11H23O5P/c1-4-8-15-17(13,16-9-5-2)10-6-7-11(12)14-3/h4-10H2,1-3H3. The number of esters is 1. The van der Waals surface area contributed by atoms with Gasteiger partial charge in [-0.2, -0.15) is 0 Å². The molecule has 0 bridgehead atoms. The lowest BCUT2D eigenvalue weighted by molar-refractivity contribution is -0.140. The minimum atomic E-state index is -3.03. The second kappa shape index (κ2) is 9.63. The summed E-state index contributed by atoms with van der Waals surface area (Å²) >= 11 is 0. The van der Waals surface area contributed by atoms with E-state index in [0.29, 0.717) is 19.6 Å². The maximum absolute atomic E-state index is 12.2. The van der Waals surface area contributed by atoms with E-state index in [2.05, 4.69) is 4.74 Å². The zero-order chi connectivity index (χ0) is 13.1. The van der Waals surface area contributed by atoms with Gasteiger partial charge < -0.3 is 13.8 Å². The van der Waals surface area contributed by atoms with Gasteiger partial charge in [-0.15, -0.1) is 0 Å². The molecule has 0 aromatic carbocycles. The Morgan fingerprint density at radius 3 is 2.06 bits per heavy atom. The molecule has 0 aromatic heterocycles. The molecule has 0 unspecified atom stereocenters. The summed E-state index contributed by atoms with van der Waals surface area (Å²) in [5.41, 5.74) is 0. The first-order valence-electron chi connectivity index (χ1n) is 6.03. The number of methoxy groups -OCH3 is 1. The van der Waals surface area contributed by atoms with Gasteiger partial charge in [-0.3, -0.25) is 9.36 Å². The van der Waals surface area contributed by atoms with Gasteiger partial charge in [0.1, 0.15) is 0 Å². The van der Waals surface area contributed by atoms with Crippen LogP contribution in [0.2, 0.25) is 0 Å². The lowest BCUT2D eigenvalue weighted by Gasteiger charge is -2.17. The second-order valence-electron chi connectivity index (χ2n) is 3.68. The van der Waals surface area contributed by atoms with Gasteiger partial charge in [0.2, 0.25) is 0 Å². The Bertz CT molecular complexity index is 242. The highest BCUT2D eigenvalue weighted by molar-refractivity contribution is 7.53. The normalized spacial score (nSPS) is 11.5. The number of carbonyl (C=O) groups is 1. The molecule has 0 fully saturated rings. The molecule has 0 saturated carbocycles. The first kappa shape index (κ1) is 16.6. The van der Waals surface area contributed by atoms with E-state index in [4.69, 9.17) is 9.05 Å². The van der Waals surface area contributed by atoms with Gasteiger partial charge in [0.05, 0.1) is 26.5 Å². The average molecular weight is 266 g/mol. The van der Waals surface area contributed by atoms with E-state index in [9.17, 15) is 9.36 Å². The minimum Gasteiger partial charge on any atom is -0.469 e. The van der Waals surface area contributed by atoms with Gasteiger partial charge in [-0.1, -0.05) is 13.8 Å². The van der Waals surface area contributed by atoms with Crippen LogP contribution in [0.5, 0.6) is 0 Å². The molecule has 0 aromatic rings. The van der Waals surface area contributed by atoms with Gasteiger partial charge >= 0.3 is 13.6 Å². The smallest absolute Gasteiger partial charge is 0.330 e. The van der Waals surface area contributed by atoms with Crippen molar-refractivity contribution in [2.75, 3.05) is 26.5 Å². The minimum absolute atomic E-state index is 0.242. The maximum Gasteiger partial charge on any atom is 0.330 e. The summed E-state index contributed by atoms with van der Waals surface area (Å²) in [5.74, 6) is -0.303. The van der Waals surface area contributed by atoms with Crippen molar-refractivity contribution in [3.05, 3.63) is 0 Å². The van der Waals surface area contributed by atoms with Crippen LogP contribution in [0.4, 0.5) is 0 Å². The highest BCUT2D eigenvalue weighted by Gasteiger charge is 2.23. The number of carbonyl (C=O) groups excluding carboxylic acids is 1. The highest BCUT2D eigenvalue weighted by atomic mass is 31.2. The van der Waals surface area contributed by atoms with Crippen molar-refractivity contribution < 1.29 is 23.1 Å². The Morgan fingerprint density at radius 1 is 1.12 bits per heavy atom. The van der Waals surface area contributed by atoms with Crippen molar-refractivity contribution >= 4 is 13.6 Å². The molecule has 0 aliphatic carbocycles. The number of rotatable bonds is 10. The SMILES string of the molecule is CCCOP(=O)(CCCC(=O)OC)OCCC. The van der Waals surface area contributed by atoms with E-state index in [1.54, 1.807) is 0 Å². The zero-order valence-corrected chi connectivity index (χ0v) is 11.8. The lowest BCUT2D eigenvalue weighted by Crippen LogP contribution is -2.05. The van der Waals surface area contributed by atoms with E-state index in [0.717, 1.165) is 12.8 Å². The Hall–Kier alpha value is -0.380. The topological polar surface area (TPSA) is 61.8 Å². The average Bonchev–Trinajstić information content (AvgIpc) is 2.34. The first-order chi connectivity index (χ1) is 8.08. The largest absolute Gasteiger partial charge is 0.469 e. The van der Waals surface area contributed by atoms with Crippen molar-refractivity contribution in [2.45, 2.75) is 39.5 Å². The fourth-order valence-electron chi connectivity index (χ4n) is 1.15. The molecular weight excluding hydrogens is 243 g/mol. The quantitative estimate of drug-likeness (QED) is 0.449. The molecule has 5 nitrogen and oxygen atoms in total. The molecule has 102 valence electrons. The van der Waals surface area contributed by atoms with Gasteiger partial charge in [0, 0.05) is 6.42 Å². The highest BCUT2D eigenvalue weighted by Crippen LogP contribution is 2.49. The summed E-state index contributed by atoms with van der Waals surface area (Å²) in [4.78, 5) is 10.9. The molecule has 0 radical (unpaired) electrons. The number of ether oxygens (including phenoxy) is 1. The summed E-state index contributed by atoms with van der Waals surface area (Å²) in [6.45, 7) is 4.72. The third-order valence-electron chi connectivity index (χ3n) is 2.02. The van der Waals surface area contributed by atoms with Crippen molar-refractivity contribution in [2.24, 2.45) is 0 Å². The second-order valence-corrected chi connectivity index (χ2v) is 5.87. The van der Waals surface area contributed by atoms with E-state index >= 15 is 0 Å². The lowest BCUT2D eigenvalue weighted by atomic mass is 10.3. The molecule has 0 atom stereocenters. The Kier molecular flexibility index (Phi) is 9.41. The zero-order valence-electron chi connectivity index (χ0n) is 10.9. The van der Waals surface area contributed by atoms with Crippen LogP contribution < -0.4 is 0 Å². The van der Waals surface area contributed by atoms with E-state index in [1.807, 2.05) is 13.8 Å². The molecule has 0 saturated heterocycles.